The SMILES string of the molecule is Nc1cccc2c1CCCN2C(=O)c1ccc(N2CCCC2)nc1. The van der Waals surface area contributed by atoms with Crippen molar-refractivity contribution in [1.29, 1.82) is 0 Å². The Balaban J connectivity index is 1.59. The molecule has 0 radical (unpaired) electrons. The molecule has 5 heteroatoms. The first-order valence-corrected chi connectivity index (χ1v) is 8.64. The molecule has 24 heavy (non-hydrogen) atoms. The summed E-state index contributed by atoms with van der Waals surface area (Å²) in [6.45, 7) is 2.83. The van der Waals surface area contributed by atoms with Crippen LogP contribution in [0.2, 0.25) is 0 Å². The van der Waals surface area contributed by atoms with Gasteiger partial charge in [0, 0.05) is 37.2 Å². The van der Waals surface area contributed by atoms with E-state index in [1.807, 2.05) is 35.2 Å². The first kappa shape index (κ1) is 15.0. The number of fused-ring (bicyclic) bond motifs is 1. The number of amides is 1. The van der Waals surface area contributed by atoms with Gasteiger partial charge in [-0.3, -0.25) is 4.79 Å². The number of pyridine rings is 1. The number of carbonyl (C=O) groups is 1. The van der Waals surface area contributed by atoms with Crippen LogP contribution in [-0.2, 0) is 6.42 Å². The molecule has 1 aromatic carbocycles. The van der Waals surface area contributed by atoms with E-state index < -0.39 is 0 Å². The number of nitrogens with two attached hydrogens (primary N) is 1. The van der Waals surface area contributed by atoms with Crippen molar-refractivity contribution < 1.29 is 4.79 Å². The quantitative estimate of drug-likeness (QED) is 0.864. The highest BCUT2D eigenvalue weighted by atomic mass is 16.2. The van der Waals surface area contributed by atoms with Crippen LogP contribution in [0.15, 0.2) is 36.5 Å². The molecule has 1 aromatic heterocycles. The maximum absolute atomic E-state index is 12.9. The summed E-state index contributed by atoms with van der Waals surface area (Å²) in [6, 6.07) is 9.65. The molecule has 3 heterocycles. The Morgan fingerprint density at radius 2 is 1.88 bits per heavy atom. The zero-order chi connectivity index (χ0) is 16.5. The maximum Gasteiger partial charge on any atom is 0.259 e. The lowest BCUT2D eigenvalue weighted by Gasteiger charge is -2.30. The number of rotatable bonds is 2. The smallest absolute Gasteiger partial charge is 0.259 e. The molecule has 5 nitrogen and oxygen atoms in total. The Labute approximate surface area is 142 Å². The molecule has 0 atom stereocenters. The summed E-state index contributed by atoms with van der Waals surface area (Å²) in [5, 5.41) is 0. The van der Waals surface area contributed by atoms with Crippen LogP contribution < -0.4 is 15.5 Å². The molecule has 2 N–H and O–H groups in total. The minimum Gasteiger partial charge on any atom is -0.398 e. The third kappa shape index (κ3) is 2.60. The van der Waals surface area contributed by atoms with Gasteiger partial charge in [-0.05, 0) is 55.5 Å². The summed E-state index contributed by atoms with van der Waals surface area (Å²) in [4.78, 5) is 21.5. The number of nitrogen functional groups attached to an aromatic ring is 1. The minimum atomic E-state index is 0.00187. The highest BCUT2D eigenvalue weighted by molar-refractivity contribution is 6.07. The molecule has 1 fully saturated rings. The third-order valence-electron chi connectivity index (χ3n) is 4.96. The van der Waals surface area contributed by atoms with E-state index in [1.165, 1.54) is 12.8 Å². The lowest BCUT2D eigenvalue weighted by Crippen LogP contribution is -2.35. The number of benzene rings is 1. The molecule has 0 bridgehead atoms. The van der Waals surface area contributed by atoms with Gasteiger partial charge in [0.1, 0.15) is 5.82 Å². The molecule has 0 spiro atoms. The molecular formula is C19H22N4O. The van der Waals surface area contributed by atoms with Gasteiger partial charge >= 0.3 is 0 Å². The summed E-state index contributed by atoms with van der Waals surface area (Å²) in [5.74, 6) is 0.967. The fourth-order valence-corrected chi connectivity index (χ4v) is 3.66. The Kier molecular flexibility index (Phi) is 3.84. The molecule has 0 unspecified atom stereocenters. The van der Waals surface area contributed by atoms with E-state index in [0.717, 1.165) is 55.2 Å². The highest BCUT2D eigenvalue weighted by Gasteiger charge is 2.25. The van der Waals surface area contributed by atoms with Crippen LogP contribution in [0.3, 0.4) is 0 Å². The van der Waals surface area contributed by atoms with Crippen LogP contribution in [0.5, 0.6) is 0 Å². The number of carbonyl (C=O) groups excluding carboxylic acids is 1. The number of anilines is 3. The van der Waals surface area contributed by atoms with Crippen molar-refractivity contribution in [2.45, 2.75) is 25.7 Å². The van der Waals surface area contributed by atoms with E-state index in [4.69, 9.17) is 5.73 Å². The average molecular weight is 322 g/mol. The monoisotopic (exact) mass is 322 g/mol. The molecule has 2 aliphatic heterocycles. The van der Waals surface area contributed by atoms with Gasteiger partial charge < -0.3 is 15.5 Å². The van der Waals surface area contributed by atoms with Crippen molar-refractivity contribution in [2.24, 2.45) is 0 Å². The van der Waals surface area contributed by atoms with Crippen molar-refractivity contribution >= 4 is 23.1 Å². The Bertz CT molecular complexity index is 750. The lowest BCUT2D eigenvalue weighted by molar-refractivity contribution is 0.0985. The fourth-order valence-electron chi connectivity index (χ4n) is 3.66. The molecule has 4 rings (SSSR count). The van der Waals surface area contributed by atoms with Crippen LogP contribution in [0.1, 0.15) is 35.2 Å². The molecule has 1 saturated heterocycles. The Hall–Kier alpha value is -2.56. The van der Waals surface area contributed by atoms with E-state index in [0.29, 0.717) is 5.56 Å². The molecule has 2 aliphatic rings. The van der Waals surface area contributed by atoms with Crippen LogP contribution >= 0.6 is 0 Å². The molecule has 124 valence electrons. The fraction of sp³-hybridized carbons (Fsp3) is 0.368. The van der Waals surface area contributed by atoms with Crippen molar-refractivity contribution in [3.8, 4) is 0 Å². The topological polar surface area (TPSA) is 62.5 Å². The second kappa shape index (κ2) is 6.15. The Morgan fingerprint density at radius 1 is 1.04 bits per heavy atom. The normalized spacial score (nSPS) is 17.0. The highest BCUT2D eigenvalue weighted by Crippen LogP contribution is 2.32. The summed E-state index contributed by atoms with van der Waals surface area (Å²) in [5.41, 5.74) is 9.50. The molecule has 0 aliphatic carbocycles. The van der Waals surface area contributed by atoms with Gasteiger partial charge in [0.15, 0.2) is 0 Å². The summed E-state index contributed by atoms with van der Waals surface area (Å²) >= 11 is 0. The summed E-state index contributed by atoms with van der Waals surface area (Å²) < 4.78 is 0. The van der Waals surface area contributed by atoms with Gasteiger partial charge in [-0.2, -0.15) is 0 Å². The summed E-state index contributed by atoms with van der Waals surface area (Å²) in [6.07, 6.45) is 6.00. The first-order valence-electron chi connectivity index (χ1n) is 8.64. The second-order valence-electron chi connectivity index (χ2n) is 6.50. The van der Waals surface area contributed by atoms with Gasteiger partial charge in [0.05, 0.1) is 5.56 Å². The zero-order valence-corrected chi connectivity index (χ0v) is 13.7. The van der Waals surface area contributed by atoms with Crippen molar-refractivity contribution in [3.05, 3.63) is 47.7 Å². The number of hydrogen-bond acceptors (Lipinski definition) is 4. The van der Waals surface area contributed by atoms with Gasteiger partial charge in [-0.15, -0.1) is 0 Å². The van der Waals surface area contributed by atoms with Crippen LogP contribution in [0.4, 0.5) is 17.2 Å². The molecule has 1 amide bonds. The van der Waals surface area contributed by atoms with Gasteiger partial charge in [0.25, 0.3) is 5.91 Å². The maximum atomic E-state index is 12.9. The molecular weight excluding hydrogens is 300 g/mol. The van der Waals surface area contributed by atoms with E-state index in [2.05, 4.69) is 9.88 Å². The van der Waals surface area contributed by atoms with E-state index >= 15 is 0 Å². The second-order valence-corrected chi connectivity index (χ2v) is 6.50. The number of hydrogen-bond donors (Lipinski definition) is 1. The van der Waals surface area contributed by atoms with Crippen molar-refractivity contribution in [2.75, 3.05) is 35.2 Å². The van der Waals surface area contributed by atoms with Crippen LogP contribution in [-0.4, -0.2) is 30.5 Å². The standard InChI is InChI=1S/C19H22N4O/c20-16-6-3-7-17-15(16)5-4-12-23(17)19(24)14-8-9-18(21-13-14)22-10-1-2-11-22/h3,6-9,13H,1-2,4-5,10-12,20H2. The third-order valence-corrected chi connectivity index (χ3v) is 4.96. The Morgan fingerprint density at radius 3 is 2.62 bits per heavy atom. The van der Waals surface area contributed by atoms with E-state index in [-0.39, 0.29) is 5.91 Å². The predicted molar refractivity (Wildman–Crippen MR) is 96.5 cm³/mol. The number of nitrogens with zero attached hydrogens (tertiary/aromatic N) is 3. The van der Waals surface area contributed by atoms with Gasteiger partial charge in [0.2, 0.25) is 0 Å². The van der Waals surface area contributed by atoms with Crippen molar-refractivity contribution in [1.82, 2.24) is 4.98 Å². The molecule has 0 saturated carbocycles. The van der Waals surface area contributed by atoms with Crippen LogP contribution in [0.25, 0.3) is 0 Å². The number of aromatic nitrogens is 1. The van der Waals surface area contributed by atoms with E-state index in [9.17, 15) is 4.79 Å². The largest absolute Gasteiger partial charge is 0.398 e. The first-order chi connectivity index (χ1) is 11.7. The van der Waals surface area contributed by atoms with Gasteiger partial charge in [-0.25, -0.2) is 4.98 Å². The van der Waals surface area contributed by atoms with Crippen LogP contribution in [0, 0.1) is 0 Å². The average Bonchev–Trinajstić information content (AvgIpc) is 3.16. The predicted octanol–water partition coefficient (Wildman–Crippen LogP) is 2.86. The van der Waals surface area contributed by atoms with Gasteiger partial charge in [-0.1, -0.05) is 6.07 Å². The zero-order valence-electron chi connectivity index (χ0n) is 13.7. The summed E-state index contributed by atoms with van der Waals surface area (Å²) in [7, 11) is 0. The lowest BCUT2D eigenvalue weighted by atomic mass is 9.99. The minimum absolute atomic E-state index is 0.00187. The van der Waals surface area contributed by atoms with Crippen molar-refractivity contribution in [3.63, 3.8) is 0 Å². The van der Waals surface area contributed by atoms with E-state index in [1.54, 1.807) is 6.20 Å². The molecule has 2 aromatic rings.